The molecule has 134 valence electrons. The highest BCUT2D eigenvalue weighted by Gasteiger charge is 1.94. The zero-order valence-electron chi connectivity index (χ0n) is 15.3. The maximum Gasteiger partial charge on any atom is 0.327 e. The molecule has 2 nitrogen and oxygen atoms in total. The second-order valence-corrected chi connectivity index (χ2v) is 6.48. The summed E-state index contributed by atoms with van der Waals surface area (Å²) in [4.78, 5) is 10.3. The smallest absolute Gasteiger partial charge is 0.327 e. The van der Waals surface area contributed by atoms with Crippen LogP contribution in [0.25, 0.3) is 0 Å². The average Bonchev–Trinajstić information content (AvgIpc) is 2.50. The minimum atomic E-state index is -0.832. The van der Waals surface area contributed by atoms with Crippen LogP contribution in [-0.2, 0) is 4.79 Å². The molecule has 0 atom stereocenters. The highest BCUT2D eigenvalue weighted by Crippen LogP contribution is 2.13. The molecule has 0 amide bonds. The van der Waals surface area contributed by atoms with Crippen LogP contribution < -0.4 is 0 Å². The predicted octanol–water partition coefficient (Wildman–Crippen LogP) is 6.97. The van der Waals surface area contributed by atoms with Gasteiger partial charge in [-0.1, -0.05) is 103 Å². The van der Waals surface area contributed by atoms with Gasteiger partial charge in [0.25, 0.3) is 0 Å². The van der Waals surface area contributed by atoms with Gasteiger partial charge in [0.2, 0.25) is 0 Å². The van der Waals surface area contributed by atoms with Crippen molar-refractivity contribution < 1.29 is 9.90 Å². The lowest BCUT2D eigenvalue weighted by molar-refractivity contribution is -0.131. The van der Waals surface area contributed by atoms with E-state index in [0.29, 0.717) is 0 Å². The molecule has 0 aliphatic heterocycles. The molecule has 0 fully saturated rings. The number of rotatable bonds is 17. The van der Waals surface area contributed by atoms with Gasteiger partial charge in [0.15, 0.2) is 0 Å². The molecule has 0 aromatic heterocycles. The fourth-order valence-electron chi connectivity index (χ4n) is 2.82. The van der Waals surface area contributed by atoms with Gasteiger partial charge >= 0.3 is 5.97 Å². The molecule has 0 heterocycles. The van der Waals surface area contributed by atoms with Gasteiger partial charge in [0.1, 0.15) is 0 Å². The summed E-state index contributed by atoms with van der Waals surface area (Å²) < 4.78 is 0. The summed E-state index contributed by atoms with van der Waals surface area (Å²) in [7, 11) is 0. The Balaban J connectivity index is 0. The molecule has 0 spiro atoms. The predicted molar refractivity (Wildman–Crippen MR) is 99.6 cm³/mol. The normalized spacial score (nSPS) is 10.8. The van der Waals surface area contributed by atoms with Crippen molar-refractivity contribution in [2.24, 2.45) is 0 Å². The molecular weight excluding hydrogens is 284 g/mol. The first kappa shape index (κ1) is 24.5. The third kappa shape index (κ3) is 23.6. The average molecular weight is 323 g/mol. The molecule has 4 radical (unpaired) electrons. The third-order valence-electron chi connectivity index (χ3n) is 4.23. The van der Waals surface area contributed by atoms with Crippen LogP contribution in [-0.4, -0.2) is 11.1 Å². The molecule has 23 heavy (non-hydrogen) atoms. The number of carbonyl (C=O) groups is 1. The Kier molecular flexibility index (Phi) is 22.6. The van der Waals surface area contributed by atoms with Crippen molar-refractivity contribution in [3.05, 3.63) is 19.6 Å². The van der Waals surface area contributed by atoms with E-state index >= 15 is 0 Å². The number of aliphatic carboxylic acids is 1. The maximum atomic E-state index is 10.3. The van der Waals surface area contributed by atoms with Crippen molar-refractivity contribution >= 4 is 5.97 Å². The lowest BCUT2D eigenvalue weighted by Crippen LogP contribution is -1.86. The van der Waals surface area contributed by atoms with Crippen molar-refractivity contribution in [3.8, 4) is 0 Å². The van der Waals surface area contributed by atoms with Crippen LogP contribution in [0.5, 0.6) is 0 Å². The summed E-state index contributed by atoms with van der Waals surface area (Å²) in [5.41, 5.74) is 0. The standard InChI is InChI=1S/C20H38O2.C/c1-2-3-4-5-6-7-8-9-10-11-12-13-14-15-16-17-18-19-20(21)22;/h18-19H,2-17H2,1H3,(H,21,22);/b19-18-;. The number of carboxylic acids is 1. The fraction of sp³-hybridized carbons (Fsp3) is 0.810. The second kappa shape index (κ2) is 21.2. The Bertz CT molecular complexity index is 259. The summed E-state index contributed by atoms with van der Waals surface area (Å²) in [6.45, 7) is 2.27. The Labute approximate surface area is 145 Å². The van der Waals surface area contributed by atoms with Gasteiger partial charge in [-0.3, -0.25) is 0 Å². The van der Waals surface area contributed by atoms with E-state index in [1.165, 1.54) is 96.0 Å². The summed E-state index contributed by atoms with van der Waals surface area (Å²) >= 11 is 0. The highest BCUT2D eigenvalue weighted by atomic mass is 16.4. The lowest BCUT2D eigenvalue weighted by atomic mass is 10.0. The first-order chi connectivity index (χ1) is 10.8. The molecule has 0 bridgehead atoms. The van der Waals surface area contributed by atoms with Gasteiger partial charge in [-0.05, 0) is 12.8 Å². The molecule has 0 unspecified atom stereocenters. The SMILES string of the molecule is CCCCCCCCCCCCCCCCC/C=C\C(=O)O.[C]. The van der Waals surface area contributed by atoms with Gasteiger partial charge in [-0.15, -0.1) is 0 Å². The molecule has 0 saturated heterocycles. The van der Waals surface area contributed by atoms with Crippen LogP contribution in [0.4, 0.5) is 0 Å². The summed E-state index contributed by atoms with van der Waals surface area (Å²) in [6.07, 6.45) is 24.5. The van der Waals surface area contributed by atoms with Gasteiger partial charge in [-0.2, -0.15) is 0 Å². The summed E-state index contributed by atoms with van der Waals surface area (Å²) in [6, 6.07) is 0. The second-order valence-electron chi connectivity index (χ2n) is 6.48. The van der Waals surface area contributed by atoms with Gasteiger partial charge < -0.3 is 5.11 Å². The third-order valence-corrected chi connectivity index (χ3v) is 4.23. The van der Waals surface area contributed by atoms with E-state index in [2.05, 4.69) is 6.92 Å². The largest absolute Gasteiger partial charge is 0.478 e. The van der Waals surface area contributed by atoms with Crippen molar-refractivity contribution in [1.82, 2.24) is 0 Å². The number of carboxylic acid groups (broad SMARTS) is 1. The monoisotopic (exact) mass is 322 g/mol. The van der Waals surface area contributed by atoms with Crippen LogP contribution in [0, 0.1) is 7.43 Å². The molecule has 0 rings (SSSR count). The van der Waals surface area contributed by atoms with E-state index in [9.17, 15) is 4.79 Å². The number of unbranched alkanes of at least 4 members (excludes halogenated alkanes) is 15. The van der Waals surface area contributed by atoms with E-state index < -0.39 is 5.97 Å². The number of hydrogen-bond donors (Lipinski definition) is 1. The van der Waals surface area contributed by atoms with E-state index in [0.717, 1.165) is 12.8 Å². The lowest BCUT2D eigenvalue weighted by Gasteiger charge is -2.03. The molecular formula is C21H38O2. The van der Waals surface area contributed by atoms with Crippen LogP contribution >= 0.6 is 0 Å². The first-order valence-electron chi connectivity index (χ1n) is 9.67. The minimum Gasteiger partial charge on any atom is -0.478 e. The summed E-state index contributed by atoms with van der Waals surface area (Å²) in [5.74, 6) is -0.832. The molecule has 0 aromatic rings. The van der Waals surface area contributed by atoms with Crippen LogP contribution in [0.15, 0.2) is 12.2 Å². The molecule has 0 aromatic carbocycles. The van der Waals surface area contributed by atoms with Gasteiger partial charge in [0.05, 0.1) is 0 Å². The summed E-state index contributed by atoms with van der Waals surface area (Å²) in [5, 5.41) is 8.45. The van der Waals surface area contributed by atoms with Crippen molar-refractivity contribution in [2.45, 2.75) is 110 Å². The Hall–Kier alpha value is -0.790. The Morgan fingerprint density at radius 3 is 1.39 bits per heavy atom. The fourth-order valence-corrected chi connectivity index (χ4v) is 2.82. The van der Waals surface area contributed by atoms with Gasteiger partial charge in [0, 0.05) is 13.5 Å². The van der Waals surface area contributed by atoms with Crippen molar-refractivity contribution in [2.75, 3.05) is 0 Å². The van der Waals surface area contributed by atoms with E-state index in [4.69, 9.17) is 5.11 Å². The van der Waals surface area contributed by atoms with E-state index in [1.54, 1.807) is 6.08 Å². The maximum absolute atomic E-state index is 10.3. The molecule has 0 aliphatic rings. The van der Waals surface area contributed by atoms with Crippen LogP contribution in [0.3, 0.4) is 0 Å². The van der Waals surface area contributed by atoms with E-state index in [1.807, 2.05) is 0 Å². The first-order valence-corrected chi connectivity index (χ1v) is 9.67. The van der Waals surface area contributed by atoms with Crippen molar-refractivity contribution in [3.63, 3.8) is 0 Å². The Morgan fingerprint density at radius 1 is 0.696 bits per heavy atom. The van der Waals surface area contributed by atoms with E-state index in [-0.39, 0.29) is 7.43 Å². The topological polar surface area (TPSA) is 37.3 Å². The molecule has 1 N–H and O–H groups in total. The molecule has 0 aliphatic carbocycles. The number of allylic oxidation sites excluding steroid dienone is 1. The quantitative estimate of drug-likeness (QED) is 0.232. The van der Waals surface area contributed by atoms with Crippen LogP contribution in [0.1, 0.15) is 110 Å². The highest BCUT2D eigenvalue weighted by molar-refractivity contribution is 5.79. The zero-order chi connectivity index (χ0) is 16.3. The number of hydrogen-bond acceptors (Lipinski definition) is 1. The molecule has 2 heteroatoms. The zero-order valence-corrected chi connectivity index (χ0v) is 15.3. The minimum absolute atomic E-state index is 0. The van der Waals surface area contributed by atoms with Gasteiger partial charge in [-0.25, -0.2) is 4.79 Å². The Morgan fingerprint density at radius 2 is 1.04 bits per heavy atom. The molecule has 0 saturated carbocycles. The van der Waals surface area contributed by atoms with Crippen LogP contribution in [0.2, 0.25) is 0 Å². The van der Waals surface area contributed by atoms with Crippen molar-refractivity contribution in [1.29, 1.82) is 0 Å².